The fourth-order valence-electron chi connectivity index (χ4n) is 3.89. The standard InChI is InChI=1S/C16H31N3O.2ClH/c1-12-8-13(2)11-19(10-12)7-3-6-18-16(20)14-4-5-15(17)9-14;;/h12-15H,3-11,17H2,1-2H3,(H,18,20);2*1H. The van der Waals surface area contributed by atoms with Gasteiger partial charge in [-0.1, -0.05) is 13.8 Å². The Labute approximate surface area is 147 Å². The third-order valence-electron chi connectivity index (χ3n) is 4.74. The number of nitrogens with one attached hydrogen (secondary N) is 1. The van der Waals surface area contributed by atoms with Gasteiger partial charge in [-0.2, -0.15) is 0 Å². The highest BCUT2D eigenvalue weighted by Crippen LogP contribution is 2.24. The van der Waals surface area contributed by atoms with Crippen LogP contribution in [0.3, 0.4) is 0 Å². The molecule has 2 fully saturated rings. The van der Waals surface area contributed by atoms with E-state index in [4.69, 9.17) is 5.73 Å². The fraction of sp³-hybridized carbons (Fsp3) is 0.938. The summed E-state index contributed by atoms with van der Waals surface area (Å²) in [5, 5.41) is 3.09. The third kappa shape index (κ3) is 7.03. The molecule has 0 aromatic carbocycles. The Kier molecular flexibility index (Phi) is 10.7. The molecule has 1 aliphatic heterocycles. The Morgan fingerprint density at radius 3 is 2.32 bits per heavy atom. The smallest absolute Gasteiger partial charge is 0.223 e. The van der Waals surface area contributed by atoms with Crippen LogP contribution in [0.25, 0.3) is 0 Å². The van der Waals surface area contributed by atoms with Gasteiger partial charge in [0.25, 0.3) is 0 Å². The quantitative estimate of drug-likeness (QED) is 0.746. The van der Waals surface area contributed by atoms with Crippen LogP contribution >= 0.6 is 24.8 Å². The topological polar surface area (TPSA) is 58.4 Å². The number of rotatable bonds is 5. The molecule has 0 bridgehead atoms. The second-order valence-electron chi connectivity index (χ2n) is 7.12. The lowest BCUT2D eigenvalue weighted by Crippen LogP contribution is -2.40. The predicted molar refractivity (Wildman–Crippen MR) is 96.8 cm³/mol. The zero-order chi connectivity index (χ0) is 14.5. The van der Waals surface area contributed by atoms with Crippen molar-refractivity contribution in [3.05, 3.63) is 0 Å². The second kappa shape index (κ2) is 10.7. The molecule has 4 nitrogen and oxygen atoms in total. The molecule has 1 amide bonds. The van der Waals surface area contributed by atoms with Crippen molar-refractivity contribution in [2.45, 2.75) is 52.0 Å². The van der Waals surface area contributed by atoms with E-state index in [-0.39, 0.29) is 42.7 Å². The number of carbonyl (C=O) groups excluding carboxylic acids is 1. The van der Waals surface area contributed by atoms with Gasteiger partial charge in [0.1, 0.15) is 0 Å². The molecule has 0 radical (unpaired) electrons. The van der Waals surface area contributed by atoms with E-state index in [1.54, 1.807) is 0 Å². The lowest BCUT2D eigenvalue weighted by atomic mass is 9.92. The molecular weight excluding hydrogens is 321 g/mol. The second-order valence-corrected chi connectivity index (χ2v) is 7.12. The van der Waals surface area contributed by atoms with Crippen LogP contribution in [0.15, 0.2) is 0 Å². The van der Waals surface area contributed by atoms with E-state index >= 15 is 0 Å². The monoisotopic (exact) mass is 353 g/mol. The Bertz CT molecular complexity index is 321. The Hall–Kier alpha value is -0.0300. The minimum absolute atomic E-state index is 0. The number of amides is 1. The minimum atomic E-state index is 0. The van der Waals surface area contributed by atoms with Crippen LogP contribution in [-0.4, -0.2) is 43.0 Å². The molecule has 2 rings (SSSR count). The van der Waals surface area contributed by atoms with Crippen molar-refractivity contribution >= 4 is 30.7 Å². The summed E-state index contributed by atoms with van der Waals surface area (Å²) in [6.07, 6.45) is 5.25. The van der Waals surface area contributed by atoms with Crippen molar-refractivity contribution in [3.63, 3.8) is 0 Å². The van der Waals surface area contributed by atoms with Gasteiger partial charge in [-0.05, 0) is 50.5 Å². The van der Waals surface area contributed by atoms with Crippen LogP contribution in [-0.2, 0) is 4.79 Å². The molecule has 6 heteroatoms. The van der Waals surface area contributed by atoms with Crippen LogP contribution in [0.2, 0.25) is 0 Å². The number of nitrogens with two attached hydrogens (primary N) is 1. The minimum Gasteiger partial charge on any atom is -0.356 e. The first-order valence-corrected chi connectivity index (χ1v) is 8.30. The van der Waals surface area contributed by atoms with Crippen molar-refractivity contribution < 1.29 is 4.79 Å². The molecule has 0 spiro atoms. The maximum absolute atomic E-state index is 12.0. The Morgan fingerprint density at radius 1 is 1.14 bits per heavy atom. The average Bonchev–Trinajstić information content (AvgIpc) is 2.80. The van der Waals surface area contributed by atoms with E-state index in [0.717, 1.165) is 50.6 Å². The first kappa shape index (κ1) is 22.0. The zero-order valence-electron chi connectivity index (χ0n) is 13.9. The van der Waals surface area contributed by atoms with E-state index in [1.165, 1.54) is 19.5 Å². The first-order valence-electron chi connectivity index (χ1n) is 8.30. The average molecular weight is 354 g/mol. The molecule has 1 heterocycles. The Morgan fingerprint density at radius 2 is 1.77 bits per heavy atom. The van der Waals surface area contributed by atoms with E-state index in [0.29, 0.717) is 0 Å². The van der Waals surface area contributed by atoms with Crippen molar-refractivity contribution in [1.82, 2.24) is 10.2 Å². The SMILES string of the molecule is CC1CC(C)CN(CCCNC(=O)C2CCC(N)C2)C1.Cl.Cl. The molecule has 4 unspecified atom stereocenters. The van der Waals surface area contributed by atoms with Gasteiger partial charge in [0.15, 0.2) is 0 Å². The number of hydrogen-bond acceptors (Lipinski definition) is 3. The molecule has 1 saturated heterocycles. The van der Waals surface area contributed by atoms with Crippen molar-refractivity contribution in [2.24, 2.45) is 23.5 Å². The predicted octanol–water partition coefficient (Wildman–Crippen LogP) is 2.44. The number of halogens is 2. The van der Waals surface area contributed by atoms with Crippen molar-refractivity contribution in [1.29, 1.82) is 0 Å². The largest absolute Gasteiger partial charge is 0.356 e. The highest BCUT2D eigenvalue weighted by molar-refractivity contribution is 5.85. The molecule has 132 valence electrons. The van der Waals surface area contributed by atoms with E-state index in [1.807, 2.05) is 0 Å². The van der Waals surface area contributed by atoms with Crippen molar-refractivity contribution in [3.8, 4) is 0 Å². The summed E-state index contributed by atoms with van der Waals surface area (Å²) < 4.78 is 0. The first-order chi connectivity index (χ1) is 9.54. The number of piperidine rings is 1. The van der Waals surface area contributed by atoms with Crippen LogP contribution in [0.5, 0.6) is 0 Å². The van der Waals surface area contributed by atoms with Gasteiger partial charge in [-0.3, -0.25) is 4.79 Å². The summed E-state index contributed by atoms with van der Waals surface area (Å²) in [6.45, 7) is 9.04. The summed E-state index contributed by atoms with van der Waals surface area (Å²) in [4.78, 5) is 14.5. The third-order valence-corrected chi connectivity index (χ3v) is 4.74. The maximum Gasteiger partial charge on any atom is 0.223 e. The highest BCUT2D eigenvalue weighted by Gasteiger charge is 2.27. The molecule has 0 aromatic rings. The molecule has 4 atom stereocenters. The van der Waals surface area contributed by atoms with Gasteiger partial charge in [0.05, 0.1) is 0 Å². The molecule has 2 aliphatic rings. The summed E-state index contributed by atoms with van der Waals surface area (Å²) in [6, 6.07) is 0.238. The summed E-state index contributed by atoms with van der Waals surface area (Å²) in [5.41, 5.74) is 5.85. The molecule has 0 aromatic heterocycles. The molecule has 3 N–H and O–H groups in total. The lowest BCUT2D eigenvalue weighted by molar-refractivity contribution is -0.124. The lowest BCUT2D eigenvalue weighted by Gasteiger charge is -2.34. The van der Waals surface area contributed by atoms with Gasteiger partial charge in [-0.25, -0.2) is 0 Å². The molecular formula is C16H33Cl2N3O. The van der Waals surface area contributed by atoms with E-state index < -0.39 is 0 Å². The van der Waals surface area contributed by atoms with E-state index in [9.17, 15) is 4.79 Å². The van der Waals surface area contributed by atoms with E-state index in [2.05, 4.69) is 24.1 Å². The van der Waals surface area contributed by atoms with Crippen LogP contribution < -0.4 is 11.1 Å². The van der Waals surface area contributed by atoms with Crippen molar-refractivity contribution in [2.75, 3.05) is 26.2 Å². The highest BCUT2D eigenvalue weighted by atomic mass is 35.5. The van der Waals surface area contributed by atoms with Gasteiger partial charge < -0.3 is 16.0 Å². The van der Waals surface area contributed by atoms with Crippen LogP contribution in [0.1, 0.15) is 46.0 Å². The number of nitrogens with zero attached hydrogens (tertiary/aromatic N) is 1. The maximum atomic E-state index is 12.0. The Balaban J connectivity index is 0.00000220. The molecule has 1 aliphatic carbocycles. The summed E-state index contributed by atoms with van der Waals surface area (Å²) >= 11 is 0. The zero-order valence-corrected chi connectivity index (χ0v) is 15.6. The van der Waals surface area contributed by atoms with Gasteiger partial charge >= 0.3 is 0 Å². The van der Waals surface area contributed by atoms with Gasteiger partial charge in [0, 0.05) is 31.6 Å². The number of carbonyl (C=O) groups is 1. The molecule has 22 heavy (non-hydrogen) atoms. The normalized spacial score (nSPS) is 32.0. The summed E-state index contributed by atoms with van der Waals surface area (Å²) in [7, 11) is 0. The van der Waals surface area contributed by atoms with Gasteiger partial charge in [-0.15, -0.1) is 24.8 Å². The number of likely N-dealkylation sites (tertiary alicyclic amines) is 1. The molecule has 1 saturated carbocycles. The number of hydrogen-bond donors (Lipinski definition) is 2. The van der Waals surface area contributed by atoms with Gasteiger partial charge in [0.2, 0.25) is 5.91 Å². The van der Waals surface area contributed by atoms with Crippen LogP contribution in [0, 0.1) is 17.8 Å². The summed E-state index contributed by atoms with van der Waals surface area (Å²) in [5.74, 6) is 2.01. The fourth-order valence-corrected chi connectivity index (χ4v) is 3.89. The van der Waals surface area contributed by atoms with Crippen LogP contribution in [0.4, 0.5) is 0 Å².